The number of carbonyl (C=O) groups excluding carboxylic acids is 3. The van der Waals surface area contributed by atoms with Crippen LogP contribution in [-0.4, -0.2) is 109 Å². The van der Waals surface area contributed by atoms with E-state index < -0.39 is 112 Å². The molecule has 5 aliphatic carbocycles. The van der Waals surface area contributed by atoms with Gasteiger partial charge in [0.2, 0.25) is 6.29 Å². The van der Waals surface area contributed by atoms with E-state index in [4.69, 9.17) is 9.47 Å². The van der Waals surface area contributed by atoms with Gasteiger partial charge in [0.05, 0.1) is 35.6 Å². The Balaban J connectivity index is 1.45. The number of allylic oxidation sites excluding steroid dienone is 1. The van der Waals surface area contributed by atoms with Crippen LogP contribution in [0.4, 0.5) is 0 Å². The molecule has 5 fully saturated rings. The molecule has 12 nitrogen and oxygen atoms in total. The third-order valence-electron chi connectivity index (χ3n) is 14.5. The Hall–Kier alpha value is -1.77. The number of rotatable bonds is 4. The number of ether oxygens (including phenoxy) is 2. The van der Waals surface area contributed by atoms with Gasteiger partial charge in [-0.05, 0) is 79.6 Å². The molecule has 6 aliphatic rings. The van der Waals surface area contributed by atoms with Crippen molar-refractivity contribution >= 4 is 17.5 Å². The summed E-state index contributed by atoms with van der Waals surface area (Å²) in [6.45, 7) is 8.19. The minimum Gasteiger partial charge on any atom is -0.432 e. The standard InChI is InChI=1S/C35H52O12/c1-30(2)10-12-34(28(30)44)13-11-32(4)17(25(34)42)6-7-21-33(32,5)9-8-20-31(3,16-37)26(43)18(38)14-35(20,21)29(45)47-27-24(41)23(40)22(39)19(15-36)46-27/h6,18-25,27,36-42H,7-16H2,1-5H3/t18-,19-,20-,21+,22-,23+,24-,25-,27+,31+,32-,33-,34-,35-/m1/s1. The van der Waals surface area contributed by atoms with E-state index in [1.165, 1.54) is 0 Å². The monoisotopic (exact) mass is 664 g/mol. The summed E-state index contributed by atoms with van der Waals surface area (Å²) in [7, 11) is 0. The molecule has 6 rings (SSSR count). The van der Waals surface area contributed by atoms with Crippen molar-refractivity contribution < 1.29 is 59.6 Å². The fraction of sp³-hybridized carbons (Fsp3) is 0.857. The zero-order valence-corrected chi connectivity index (χ0v) is 28.0. The predicted molar refractivity (Wildman–Crippen MR) is 164 cm³/mol. The Morgan fingerprint density at radius 1 is 0.894 bits per heavy atom. The summed E-state index contributed by atoms with van der Waals surface area (Å²) in [6, 6.07) is 0. The first-order valence-electron chi connectivity index (χ1n) is 17.1. The van der Waals surface area contributed by atoms with Crippen LogP contribution in [0.2, 0.25) is 0 Å². The molecular formula is C35H52O12. The molecule has 12 heteroatoms. The SMILES string of the molecule is CC1(C)CC[C@]2(CC[C@]3(C)C(=CC[C@@H]4[C@@]5(C(=O)O[C@@H]6O[C@H](CO)[C@@H](O)[C@H](O)[C@H]6O)C[C@@H](O)C(=O)[C@@](C)(CO)[C@H]5CC[C@]43C)[C@H]2O)C1=O. The maximum absolute atomic E-state index is 14.8. The number of fused-ring (bicyclic) bond motifs is 5. The van der Waals surface area contributed by atoms with Crippen LogP contribution in [0.15, 0.2) is 11.6 Å². The number of hydrogen-bond acceptors (Lipinski definition) is 12. The minimum atomic E-state index is -1.85. The van der Waals surface area contributed by atoms with Gasteiger partial charge in [-0.3, -0.25) is 14.4 Å². The first kappa shape index (κ1) is 35.1. The van der Waals surface area contributed by atoms with Gasteiger partial charge >= 0.3 is 5.97 Å². The summed E-state index contributed by atoms with van der Waals surface area (Å²) >= 11 is 0. The molecule has 14 atom stereocenters. The van der Waals surface area contributed by atoms with Gasteiger partial charge in [-0.1, -0.05) is 40.7 Å². The normalized spacial score (nSPS) is 52.3. The Labute approximate surface area is 275 Å². The van der Waals surface area contributed by atoms with Gasteiger partial charge in [0, 0.05) is 5.41 Å². The van der Waals surface area contributed by atoms with E-state index in [0.29, 0.717) is 38.5 Å². The zero-order chi connectivity index (χ0) is 34.7. The molecule has 4 saturated carbocycles. The van der Waals surface area contributed by atoms with Gasteiger partial charge in [0.1, 0.15) is 36.3 Å². The molecule has 1 spiro atoms. The number of carbonyl (C=O) groups is 3. The molecule has 0 aromatic carbocycles. The van der Waals surface area contributed by atoms with Crippen molar-refractivity contribution in [2.24, 2.45) is 44.3 Å². The van der Waals surface area contributed by atoms with E-state index in [1.807, 2.05) is 19.9 Å². The van der Waals surface area contributed by atoms with Gasteiger partial charge < -0.3 is 45.2 Å². The molecular weight excluding hydrogens is 612 g/mol. The number of hydrogen-bond donors (Lipinski definition) is 7. The number of esters is 1. The highest BCUT2D eigenvalue weighted by Crippen LogP contribution is 2.74. The van der Waals surface area contributed by atoms with Crippen LogP contribution >= 0.6 is 0 Å². The Kier molecular flexibility index (Phi) is 8.29. The Morgan fingerprint density at radius 3 is 2.15 bits per heavy atom. The lowest BCUT2D eigenvalue weighted by Crippen LogP contribution is -2.71. The van der Waals surface area contributed by atoms with E-state index in [-0.39, 0.29) is 18.6 Å². The average Bonchev–Trinajstić information content (AvgIpc) is 3.26. The first-order valence-corrected chi connectivity index (χ1v) is 17.1. The van der Waals surface area contributed by atoms with Crippen LogP contribution in [0.3, 0.4) is 0 Å². The maximum Gasteiger partial charge on any atom is 0.315 e. The van der Waals surface area contributed by atoms with Crippen LogP contribution in [-0.2, 0) is 23.9 Å². The first-order chi connectivity index (χ1) is 21.8. The van der Waals surface area contributed by atoms with Crippen molar-refractivity contribution in [3.8, 4) is 0 Å². The summed E-state index contributed by atoms with van der Waals surface area (Å²) in [6.07, 6.45) is -5.94. The van der Waals surface area contributed by atoms with E-state index in [1.54, 1.807) is 6.92 Å². The number of ketones is 2. The molecule has 264 valence electrons. The van der Waals surface area contributed by atoms with Gasteiger partial charge in [-0.15, -0.1) is 0 Å². The van der Waals surface area contributed by atoms with Crippen molar-refractivity contribution in [2.45, 2.75) is 129 Å². The molecule has 0 radical (unpaired) electrons. The van der Waals surface area contributed by atoms with Crippen molar-refractivity contribution in [1.29, 1.82) is 0 Å². The zero-order valence-electron chi connectivity index (χ0n) is 28.0. The van der Waals surface area contributed by atoms with Gasteiger partial charge in [0.15, 0.2) is 5.78 Å². The highest BCUT2D eigenvalue weighted by atomic mass is 16.7. The largest absolute Gasteiger partial charge is 0.432 e. The number of aliphatic hydroxyl groups excluding tert-OH is 7. The molecule has 1 heterocycles. The molecule has 0 aromatic heterocycles. The van der Waals surface area contributed by atoms with E-state index in [2.05, 4.69) is 13.8 Å². The molecule has 47 heavy (non-hydrogen) atoms. The fourth-order valence-corrected chi connectivity index (χ4v) is 11.4. The van der Waals surface area contributed by atoms with Gasteiger partial charge in [-0.2, -0.15) is 0 Å². The second-order valence-electron chi connectivity index (χ2n) is 16.9. The molecule has 7 N–H and O–H groups in total. The summed E-state index contributed by atoms with van der Waals surface area (Å²) in [5.41, 5.74) is -5.08. The third-order valence-corrected chi connectivity index (χ3v) is 14.5. The number of Topliss-reactive ketones (excluding diaryl/α,β-unsaturated/α-hetero) is 2. The average molecular weight is 665 g/mol. The van der Waals surface area contributed by atoms with Crippen LogP contribution in [0.1, 0.15) is 86.0 Å². The second-order valence-corrected chi connectivity index (χ2v) is 16.9. The van der Waals surface area contributed by atoms with Crippen molar-refractivity contribution in [1.82, 2.24) is 0 Å². The van der Waals surface area contributed by atoms with Crippen molar-refractivity contribution in [3.63, 3.8) is 0 Å². The van der Waals surface area contributed by atoms with Gasteiger partial charge in [0.25, 0.3) is 0 Å². The van der Waals surface area contributed by atoms with Crippen LogP contribution < -0.4 is 0 Å². The van der Waals surface area contributed by atoms with Crippen LogP contribution in [0, 0.1) is 44.3 Å². The quantitative estimate of drug-likeness (QED) is 0.162. The summed E-state index contributed by atoms with van der Waals surface area (Å²) < 4.78 is 11.4. The molecule has 0 aromatic rings. The minimum absolute atomic E-state index is 0.0728. The van der Waals surface area contributed by atoms with Crippen molar-refractivity contribution in [2.75, 3.05) is 13.2 Å². The molecule has 0 unspecified atom stereocenters. The summed E-state index contributed by atoms with van der Waals surface area (Å²) in [4.78, 5) is 42.1. The smallest absolute Gasteiger partial charge is 0.315 e. The Bertz CT molecular complexity index is 1360. The van der Waals surface area contributed by atoms with Crippen LogP contribution in [0.25, 0.3) is 0 Å². The van der Waals surface area contributed by atoms with Crippen molar-refractivity contribution in [3.05, 3.63) is 11.6 Å². The second kappa shape index (κ2) is 11.1. The fourth-order valence-electron chi connectivity index (χ4n) is 11.4. The summed E-state index contributed by atoms with van der Waals surface area (Å²) in [5.74, 6) is -2.72. The molecule has 0 amide bonds. The predicted octanol–water partition coefficient (Wildman–Crippen LogP) is 0.547. The Morgan fingerprint density at radius 2 is 1.55 bits per heavy atom. The highest BCUT2D eigenvalue weighted by Gasteiger charge is 2.74. The third kappa shape index (κ3) is 4.38. The molecule has 1 aliphatic heterocycles. The number of aliphatic hydroxyl groups is 7. The van der Waals surface area contributed by atoms with Gasteiger partial charge in [-0.25, -0.2) is 0 Å². The maximum atomic E-state index is 14.8. The van der Waals surface area contributed by atoms with E-state index in [9.17, 15) is 50.1 Å². The summed E-state index contributed by atoms with van der Waals surface area (Å²) in [5, 5.41) is 75.2. The van der Waals surface area contributed by atoms with E-state index >= 15 is 0 Å². The lowest BCUT2D eigenvalue weighted by Gasteiger charge is -2.69. The topological polar surface area (TPSA) is 211 Å². The van der Waals surface area contributed by atoms with E-state index in [0.717, 1.165) is 5.57 Å². The highest BCUT2D eigenvalue weighted by molar-refractivity contribution is 5.94. The van der Waals surface area contributed by atoms with Crippen LogP contribution in [0.5, 0.6) is 0 Å². The molecule has 1 saturated heterocycles. The lowest BCUT2D eigenvalue weighted by molar-refractivity contribution is -0.302. The lowest BCUT2D eigenvalue weighted by atomic mass is 9.34. The molecule has 0 bridgehead atoms.